The van der Waals surface area contributed by atoms with Crippen molar-refractivity contribution < 1.29 is 13.9 Å². The number of nitrogens with zero attached hydrogens (tertiary/aromatic N) is 5. The summed E-state index contributed by atoms with van der Waals surface area (Å²) in [6, 6.07) is 14.1. The van der Waals surface area contributed by atoms with E-state index in [1.165, 1.54) is 9.08 Å². The van der Waals surface area contributed by atoms with Gasteiger partial charge >= 0.3 is 11.6 Å². The summed E-state index contributed by atoms with van der Waals surface area (Å²) >= 11 is 6.14. The molecule has 9 nitrogen and oxygen atoms in total. The predicted molar refractivity (Wildman–Crippen MR) is 128 cm³/mol. The van der Waals surface area contributed by atoms with Crippen LogP contribution in [0.15, 0.2) is 59.5 Å². The van der Waals surface area contributed by atoms with E-state index in [1.807, 2.05) is 43.3 Å². The van der Waals surface area contributed by atoms with Crippen LogP contribution in [0.3, 0.4) is 0 Å². The lowest BCUT2D eigenvalue weighted by Gasteiger charge is -2.10. The Morgan fingerprint density at radius 1 is 1.17 bits per heavy atom. The van der Waals surface area contributed by atoms with Crippen molar-refractivity contribution in [3.05, 3.63) is 93.1 Å². The topological polar surface area (TPSA) is 127 Å². The zero-order chi connectivity index (χ0) is 24.7. The third kappa shape index (κ3) is 4.13. The second-order valence-electron chi connectivity index (χ2n) is 7.95. The number of aryl methyl sites for hydroxylation is 1. The molecule has 176 valence electrons. The molecule has 0 aliphatic heterocycles. The van der Waals surface area contributed by atoms with Crippen LogP contribution in [0.25, 0.3) is 28.0 Å². The minimum atomic E-state index is -0.576. The first-order valence-corrected chi connectivity index (χ1v) is 11.0. The molecule has 0 aliphatic carbocycles. The van der Waals surface area contributed by atoms with E-state index in [0.717, 1.165) is 17.8 Å². The van der Waals surface area contributed by atoms with Gasteiger partial charge in [0.1, 0.15) is 18.1 Å². The third-order valence-electron chi connectivity index (χ3n) is 5.51. The molecule has 0 atom stereocenters. The summed E-state index contributed by atoms with van der Waals surface area (Å²) in [5, 5.41) is 12.9. The Kier molecular flexibility index (Phi) is 5.75. The van der Waals surface area contributed by atoms with E-state index < -0.39 is 11.5 Å². The summed E-state index contributed by atoms with van der Waals surface area (Å²) in [6.07, 6.45) is 1.03. The number of fused-ring (bicyclic) bond motifs is 1. The standard InChI is InChI=1S/C24H19ClFN7O2/c1-13-7-15(8-17(12-34)29-13)20-21(14-5-3-2-4-6-14)30-23(27)33-22(20)31-32(24(33)35)11-19-18(25)9-16(26)10-28-19/h2-10,34H,11-12H2,1H3,(H2,27,29,30,31)/p+1. The normalized spacial score (nSPS) is 11.3. The number of aromatic nitrogens is 6. The molecular weight excluding hydrogens is 473 g/mol. The van der Waals surface area contributed by atoms with Gasteiger partial charge in [-0.25, -0.2) is 14.3 Å². The Balaban J connectivity index is 1.81. The van der Waals surface area contributed by atoms with Crippen molar-refractivity contribution >= 4 is 23.2 Å². The maximum atomic E-state index is 13.5. The molecule has 0 amide bonds. The third-order valence-corrected chi connectivity index (χ3v) is 5.84. The van der Waals surface area contributed by atoms with E-state index in [1.54, 1.807) is 6.07 Å². The van der Waals surface area contributed by atoms with Crippen LogP contribution in [0, 0.1) is 12.7 Å². The van der Waals surface area contributed by atoms with Crippen LogP contribution < -0.4 is 15.8 Å². The van der Waals surface area contributed by atoms with Gasteiger partial charge in [-0.2, -0.15) is 4.68 Å². The molecule has 4 N–H and O–H groups in total. The van der Waals surface area contributed by atoms with E-state index in [0.29, 0.717) is 39.5 Å². The minimum absolute atomic E-state index is 0.0195. The summed E-state index contributed by atoms with van der Waals surface area (Å²) in [5.41, 5.74) is 10.2. The number of aliphatic hydroxyl groups excluding tert-OH is 1. The van der Waals surface area contributed by atoms with Gasteiger partial charge in [-0.15, -0.1) is 9.38 Å². The van der Waals surface area contributed by atoms with Crippen molar-refractivity contribution in [3.8, 4) is 22.4 Å². The number of hydrogen-bond donors (Lipinski definition) is 3. The molecule has 0 aliphatic rings. The van der Waals surface area contributed by atoms with Gasteiger partial charge in [0.25, 0.3) is 0 Å². The number of hydrogen-bond acceptors (Lipinski definition) is 6. The van der Waals surface area contributed by atoms with E-state index in [9.17, 15) is 14.3 Å². The Morgan fingerprint density at radius 2 is 1.94 bits per heavy atom. The lowest BCUT2D eigenvalue weighted by Crippen LogP contribution is -2.44. The fourth-order valence-corrected chi connectivity index (χ4v) is 4.22. The average molecular weight is 493 g/mol. The fourth-order valence-electron chi connectivity index (χ4n) is 4.01. The predicted octanol–water partition coefficient (Wildman–Crippen LogP) is 2.66. The molecule has 1 aromatic carbocycles. The number of nitrogen functional groups attached to an aromatic ring is 1. The minimum Gasteiger partial charge on any atom is -0.390 e. The number of halogens is 2. The summed E-state index contributed by atoms with van der Waals surface area (Å²) in [4.78, 5) is 26.3. The Bertz CT molecular complexity index is 1630. The van der Waals surface area contributed by atoms with Crippen molar-refractivity contribution in [1.29, 1.82) is 0 Å². The summed E-state index contributed by atoms with van der Waals surface area (Å²) in [6.45, 7) is 1.52. The zero-order valence-corrected chi connectivity index (χ0v) is 19.3. The van der Waals surface area contributed by atoms with E-state index in [-0.39, 0.29) is 24.1 Å². The molecule has 0 radical (unpaired) electrons. The van der Waals surface area contributed by atoms with E-state index >= 15 is 0 Å². The number of rotatable bonds is 5. The van der Waals surface area contributed by atoms with Crippen LogP contribution in [0.2, 0.25) is 5.02 Å². The summed E-state index contributed by atoms with van der Waals surface area (Å²) in [7, 11) is 0. The van der Waals surface area contributed by atoms with Crippen molar-refractivity contribution in [1.82, 2.24) is 24.7 Å². The van der Waals surface area contributed by atoms with Crippen LogP contribution in [-0.4, -0.2) is 29.8 Å². The molecule has 4 heterocycles. The molecule has 0 unspecified atom stereocenters. The van der Waals surface area contributed by atoms with Gasteiger partial charge in [-0.1, -0.05) is 41.9 Å². The van der Waals surface area contributed by atoms with E-state index in [2.05, 4.69) is 20.1 Å². The number of nitrogens with one attached hydrogen (secondary N) is 1. The Morgan fingerprint density at radius 3 is 2.66 bits per heavy atom. The highest BCUT2D eigenvalue weighted by Crippen LogP contribution is 2.33. The van der Waals surface area contributed by atoms with Crippen LogP contribution in [0.1, 0.15) is 17.1 Å². The van der Waals surface area contributed by atoms with Crippen LogP contribution >= 0.6 is 11.6 Å². The smallest absolute Gasteiger partial charge is 0.390 e. The van der Waals surface area contributed by atoms with Gasteiger partial charge in [0, 0.05) is 11.3 Å². The second kappa shape index (κ2) is 8.90. The maximum absolute atomic E-state index is 13.5. The fraction of sp³-hybridized carbons (Fsp3) is 0.125. The second-order valence-corrected chi connectivity index (χ2v) is 8.36. The zero-order valence-electron chi connectivity index (χ0n) is 18.5. The first kappa shape index (κ1) is 22.6. The molecule has 0 spiro atoms. The number of anilines is 1. The molecule has 0 saturated carbocycles. The Hall–Kier alpha value is -4.15. The van der Waals surface area contributed by atoms with Crippen molar-refractivity contribution in [3.63, 3.8) is 0 Å². The highest BCUT2D eigenvalue weighted by Gasteiger charge is 2.26. The lowest BCUT2D eigenvalue weighted by molar-refractivity contribution is -0.516. The van der Waals surface area contributed by atoms with E-state index in [4.69, 9.17) is 17.3 Å². The molecular formula is C24H20ClFN7O2+. The van der Waals surface area contributed by atoms with Crippen LogP contribution in [0.5, 0.6) is 0 Å². The van der Waals surface area contributed by atoms with Gasteiger partial charge in [-0.3, -0.25) is 9.97 Å². The van der Waals surface area contributed by atoms with Crippen LogP contribution in [-0.2, 0) is 13.2 Å². The molecule has 0 fully saturated rings. The van der Waals surface area contributed by atoms with Crippen molar-refractivity contribution in [2.24, 2.45) is 0 Å². The molecule has 5 rings (SSSR count). The molecule has 11 heteroatoms. The van der Waals surface area contributed by atoms with Gasteiger partial charge in [0.05, 0.1) is 34.8 Å². The molecule has 5 aromatic rings. The summed E-state index contributed by atoms with van der Waals surface area (Å²) in [5.74, 6) is -0.595. The number of nitrogens with two attached hydrogens (primary N) is 1. The highest BCUT2D eigenvalue weighted by molar-refractivity contribution is 6.31. The number of H-pyrrole nitrogens is 1. The van der Waals surface area contributed by atoms with Crippen molar-refractivity contribution in [2.75, 3.05) is 5.73 Å². The SMILES string of the molecule is Cc1cc(-c2c(-c3ccccc3)nc(N)[n+]3c(=O)n(Cc4ncc(F)cc4Cl)[nH]c23)cc(CO)n1. The average Bonchev–Trinajstić information content (AvgIpc) is 3.17. The summed E-state index contributed by atoms with van der Waals surface area (Å²) < 4.78 is 16.0. The number of aliphatic hydroxyl groups is 1. The number of aromatic amines is 1. The lowest BCUT2D eigenvalue weighted by atomic mass is 9.99. The Labute approximate surface area is 203 Å². The number of benzene rings is 1. The van der Waals surface area contributed by atoms with Crippen LogP contribution in [0.4, 0.5) is 10.3 Å². The molecule has 0 bridgehead atoms. The van der Waals surface area contributed by atoms with Gasteiger partial charge in [-0.05, 0) is 30.7 Å². The monoisotopic (exact) mass is 492 g/mol. The van der Waals surface area contributed by atoms with Gasteiger partial charge < -0.3 is 10.8 Å². The van der Waals surface area contributed by atoms with Gasteiger partial charge in [0.2, 0.25) is 5.65 Å². The molecule has 4 aromatic heterocycles. The highest BCUT2D eigenvalue weighted by atomic mass is 35.5. The first-order chi connectivity index (χ1) is 16.9. The molecule has 35 heavy (non-hydrogen) atoms. The number of pyridine rings is 2. The molecule has 0 saturated heterocycles. The quantitative estimate of drug-likeness (QED) is 0.324. The van der Waals surface area contributed by atoms with Crippen molar-refractivity contribution in [2.45, 2.75) is 20.1 Å². The van der Waals surface area contributed by atoms with Gasteiger partial charge in [0.15, 0.2) is 0 Å². The largest absolute Gasteiger partial charge is 0.428 e. The first-order valence-electron chi connectivity index (χ1n) is 10.6. The maximum Gasteiger partial charge on any atom is 0.428 e.